The minimum Gasteiger partial charge on any atom is -0.465 e. The smallest absolute Gasteiger partial charge is 0.337 e. The fraction of sp³-hybridized carbons (Fsp3) is 0.667. The third-order valence-electron chi connectivity index (χ3n) is 5.68. The summed E-state index contributed by atoms with van der Waals surface area (Å²) in [5.74, 6) is -1.68. The molecular weight excluding hydrogens is 463 g/mol. The average molecular weight is 506 g/mol. The number of rotatable bonds is 13. The molecule has 0 heterocycles. The van der Waals surface area contributed by atoms with Gasteiger partial charge in [0.05, 0.1) is 54.9 Å². The van der Waals surface area contributed by atoms with Gasteiger partial charge in [0.1, 0.15) is 0 Å². The van der Waals surface area contributed by atoms with Crippen molar-refractivity contribution in [2.75, 3.05) is 38.9 Å². The zero-order valence-electron chi connectivity index (χ0n) is 21.1. The lowest BCUT2D eigenvalue weighted by atomic mass is 10.1. The highest BCUT2D eigenvalue weighted by Gasteiger charge is 2.32. The summed E-state index contributed by atoms with van der Waals surface area (Å²) in [7, 11) is -2.88. The standard InChI is InChI=1S/C14H32P.C10H10O7S/c1-5-9-12-15(8-4,13-10-6-2)14-11-7-3;1-16-9(11)6-3-7(10(12)17-2)5-8(4-6)18(13,14)15/h5-14H2,1-4H3;3-5H,1-2H3,(H,13,14,15)/q+1;. The number of methoxy groups -OCH3 is 2. The van der Waals surface area contributed by atoms with Gasteiger partial charge in [0.2, 0.25) is 0 Å². The molecule has 0 aliphatic heterocycles. The van der Waals surface area contributed by atoms with E-state index >= 15 is 0 Å². The summed E-state index contributed by atoms with van der Waals surface area (Å²) in [6.07, 6.45) is 14.9. The van der Waals surface area contributed by atoms with E-state index in [4.69, 9.17) is 4.55 Å². The third-order valence-corrected chi connectivity index (χ3v) is 11.6. The minimum absolute atomic E-state index is 0.187. The highest BCUT2D eigenvalue weighted by Crippen LogP contribution is 2.60. The van der Waals surface area contributed by atoms with Gasteiger partial charge in [-0.15, -0.1) is 0 Å². The van der Waals surface area contributed by atoms with Gasteiger partial charge < -0.3 is 9.47 Å². The van der Waals surface area contributed by atoms with Crippen molar-refractivity contribution in [3.8, 4) is 0 Å². The van der Waals surface area contributed by atoms with Crippen molar-refractivity contribution in [1.29, 1.82) is 0 Å². The van der Waals surface area contributed by atoms with Crippen LogP contribution in [0.4, 0.5) is 0 Å². The summed E-state index contributed by atoms with van der Waals surface area (Å²) in [5, 5.41) is 0. The molecule has 0 saturated carbocycles. The molecule has 0 bridgehead atoms. The van der Waals surface area contributed by atoms with Gasteiger partial charge >= 0.3 is 11.9 Å². The number of benzene rings is 1. The van der Waals surface area contributed by atoms with E-state index in [2.05, 4.69) is 37.2 Å². The van der Waals surface area contributed by atoms with Crippen LogP contribution in [-0.2, 0) is 19.6 Å². The van der Waals surface area contributed by atoms with Crippen LogP contribution in [0.3, 0.4) is 0 Å². The second-order valence-corrected chi connectivity index (χ2v) is 14.2. The van der Waals surface area contributed by atoms with E-state index in [1.54, 1.807) is 18.5 Å². The van der Waals surface area contributed by atoms with E-state index in [9.17, 15) is 18.0 Å². The minimum atomic E-state index is -4.55. The Labute approximate surface area is 200 Å². The molecule has 0 spiro atoms. The van der Waals surface area contributed by atoms with Crippen LogP contribution in [0.1, 0.15) is 86.9 Å². The lowest BCUT2D eigenvalue weighted by Crippen LogP contribution is -2.11. The van der Waals surface area contributed by atoms with Gasteiger partial charge in [0.25, 0.3) is 10.1 Å². The van der Waals surface area contributed by atoms with Gasteiger partial charge in [-0.05, 0) is 44.4 Å². The van der Waals surface area contributed by atoms with Crippen LogP contribution >= 0.6 is 7.26 Å². The maximum atomic E-state index is 11.3. The molecule has 9 heteroatoms. The van der Waals surface area contributed by atoms with E-state index in [-0.39, 0.29) is 11.1 Å². The van der Waals surface area contributed by atoms with Crippen LogP contribution in [0.5, 0.6) is 0 Å². The predicted molar refractivity (Wildman–Crippen MR) is 136 cm³/mol. The van der Waals surface area contributed by atoms with E-state index in [1.165, 1.54) is 44.7 Å². The molecule has 0 saturated heterocycles. The maximum Gasteiger partial charge on any atom is 0.337 e. The highest BCUT2D eigenvalue weighted by molar-refractivity contribution is 7.85. The van der Waals surface area contributed by atoms with Crippen molar-refractivity contribution in [2.24, 2.45) is 0 Å². The second kappa shape index (κ2) is 16.2. The lowest BCUT2D eigenvalue weighted by molar-refractivity contribution is 0.0598. The molecule has 0 aliphatic carbocycles. The molecule has 190 valence electrons. The Morgan fingerprint density at radius 2 is 1.15 bits per heavy atom. The molecule has 0 aromatic heterocycles. The van der Waals surface area contributed by atoms with Crippen molar-refractivity contribution in [3.05, 3.63) is 29.3 Å². The topological polar surface area (TPSA) is 107 Å². The van der Waals surface area contributed by atoms with Gasteiger partial charge in [0, 0.05) is 7.26 Å². The number of carbonyl (C=O) groups is 2. The van der Waals surface area contributed by atoms with Crippen molar-refractivity contribution in [2.45, 2.75) is 71.1 Å². The molecule has 7 nitrogen and oxygen atoms in total. The Morgan fingerprint density at radius 1 is 0.788 bits per heavy atom. The van der Waals surface area contributed by atoms with Crippen molar-refractivity contribution < 1.29 is 32.0 Å². The summed E-state index contributed by atoms with van der Waals surface area (Å²) in [6.45, 7) is 9.46. The fourth-order valence-corrected chi connectivity index (χ4v) is 8.64. The Bertz CT molecular complexity index is 781. The van der Waals surface area contributed by atoms with Gasteiger partial charge in [0.15, 0.2) is 0 Å². The molecule has 1 aromatic rings. The van der Waals surface area contributed by atoms with Gasteiger partial charge in [-0.25, -0.2) is 9.59 Å². The first kappa shape index (κ1) is 31.5. The number of unbranched alkanes of at least 4 members (excludes halogenated alkanes) is 3. The number of esters is 2. The first-order valence-corrected chi connectivity index (χ1v) is 15.6. The molecule has 33 heavy (non-hydrogen) atoms. The summed E-state index contributed by atoms with van der Waals surface area (Å²) in [4.78, 5) is 22.0. The highest BCUT2D eigenvalue weighted by atomic mass is 32.2. The van der Waals surface area contributed by atoms with Crippen molar-refractivity contribution in [1.82, 2.24) is 0 Å². The predicted octanol–water partition coefficient (Wildman–Crippen LogP) is 5.93. The quantitative estimate of drug-likeness (QED) is 0.201. The number of carbonyl (C=O) groups excluding carboxylic acids is 2. The van der Waals surface area contributed by atoms with E-state index in [1.807, 2.05) is 0 Å². The second-order valence-electron chi connectivity index (χ2n) is 8.09. The van der Waals surface area contributed by atoms with Crippen LogP contribution in [-0.4, -0.2) is 63.8 Å². The number of hydrogen-bond acceptors (Lipinski definition) is 6. The number of hydrogen-bond donors (Lipinski definition) is 1. The number of ether oxygens (including phenoxy) is 2. The van der Waals surface area contributed by atoms with Crippen LogP contribution < -0.4 is 0 Å². The SMILES string of the molecule is CCCC[P+](CC)(CCCC)CCCC.COC(=O)c1cc(C(=O)OC)cc(S(=O)(=O)O)c1. The molecular formula is C24H42O7PS+. The Balaban J connectivity index is 0.000000633. The van der Waals surface area contributed by atoms with E-state index < -0.39 is 34.2 Å². The van der Waals surface area contributed by atoms with Crippen LogP contribution in [0.25, 0.3) is 0 Å². The lowest BCUT2D eigenvalue weighted by Gasteiger charge is -2.26. The monoisotopic (exact) mass is 505 g/mol. The van der Waals surface area contributed by atoms with Crippen molar-refractivity contribution in [3.63, 3.8) is 0 Å². The molecule has 1 N–H and O–H groups in total. The summed E-state index contributed by atoms with van der Waals surface area (Å²) in [5.41, 5.74) is -0.374. The first-order valence-electron chi connectivity index (χ1n) is 11.7. The summed E-state index contributed by atoms with van der Waals surface area (Å²) in [6, 6.07) is 2.90. The fourth-order valence-electron chi connectivity index (χ4n) is 3.51. The maximum absolute atomic E-state index is 11.3. The molecule has 0 fully saturated rings. The zero-order valence-corrected chi connectivity index (χ0v) is 22.8. The van der Waals surface area contributed by atoms with Crippen LogP contribution in [0.2, 0.25) is 0 Å². The average Bonchev–Trinajstić information content (AvgIpc) is 2.82. The molecule has 1 aromatic carbocycles. The van der Waals surface area contributed by atoms with Gasteiger partial charge in [-0.2, -0.15) is 8.42 Å². The zero-order chi connectivity index (χ0) is 25.5. The largest absolute Gasteiger partial charge is 0.465 e. The molecule has 1 rings (SSSR count). The Kier molecular flexibility index (Phi) is 15.4. The van der Waals surface area contributed by atoms with E-state index in [0.29, 0.717) is 0 Å². The Morgan fingerprint density at radius 3 is 1.39 bits per heavy atom. The van der Waals surface area contributed by atoms with Gasteiger partial charge in [-0.3, -0.25) is 4.55 Å². The van der Waals surface area contributed by atoms with Crippen molar-refractivity contribution >= 4 is 29.3 Å². The molecule has 0 unspecified atom stereocenters. The molecule has 0 atom stereocenters. The normalized spacial score (nSPS) is 11.4. The molecule has 0 aliphatic rings. The molecule has 0 radical (unpaired) electrons. The third kappa shape index (κ3) is 11.5. The Hall–Kier alpha value is -1.50. The van der Waals surface area contributed by atoms with Crippen LogP contribution in [0.15, 0.2) is 23.1 Å². The molecule has 0 amide bonds. The summed E-state index contributed by atoms with van der Waals surface area (Å²) < 4.78 is 39.7. The van der Waals surface area contributed by atoms with Crippen LogP contribution in [0, 0.1) is 0 Å². The first-order chi connectivity index (χ1) is 15.5. The van der Waals surface area contributed by atoms with E-state index in [0.717, 1.165) is 32.4 Å². The summed E-state index contributed by atoms with van der Waals surface area (Å²) >= 11 is 0. The van der Waals surface area contributed by atoms with Gasteiger partial charge in [-0.1, -0.05) is 40.0 Å².